The Morgan fingerprint density at radius 2 is 2.27 bits per heavy atom. The molecule has 9 heteroatoms. The van der Waals surface area contributed by atoms with Crippen LogP contribution in [-0.4, -0.2) is 39.1 Å². The predicted octanol–water partition coefficient (Wildman–Crippen LogP) is 2.15. The van der Waals surface area contributed by atoms with Gasteiger partial charge in [-0.2, -0.15) is 0 Å². The summed E-state index contributed by atoms with van der Waals surface area (Å²) in [7, 11) is 0. The van der Waals surface area contributed by atoms with Crippen molar-refractivity contribution in [3.05, 3.63) is 22.5 Å². The van der Waals surface area contributed by atoms with E-state index in [1.807, 2.05) is 11.8 Å². The number of aromatic nitrogens is 2. The molecular weight excluding hydrogens is 308 g/mol. The number of carbonyl (C=O) groups is 1. The third kappa shape index (κ3) is 2.59. The first kappa shape index (κ1) is 14.6. The second-order valence-electron chi connectivity index (χ2n) is 5.54. The molecule has 0 bridgehead atoms. The third-order valence-electron chi connectivity index (χ3n) is 3.78. The van der Waals surface area contributed by atoms with Crippen LogP contribution >= 0.6 is 11.3 Å². The Bertz CT molecular complexity index is 747. The molecule has 1 aliphatic rings. The fourth-order valence-corrected chi connectivity index (χ4v) is 3.69. The molecule has 0 aromatic carbocycles. The van der Waals surface area contributed by atoms with Crippen LogP contribution in [0.1, 0.15) is 13.3 Å². The molecular formula is C13H14N4O4S. The average Bonchev–Trinajstić information content (AvgIpc) is 2.90. The number of aliphatic carboxylic acids is 1. The summed E-state index contributed by atoms with van der Waals surface area (Å²) >= 11 is 0.998. The largest absolute Gasteiger partial charge is 0.481 e. The lowest BCUT2D eigenvalue weighted by Gasteiger charge is -2.35. The van der Waals surface area contributed by atoms with Gasteiger partial charge in [-0.05, 0) is 23.7 Å². The van der Waals surface area contributed by atoms with Crippen molar-refractivity contribution in [2.75, 3.05) is 18.0 Å². The molecule has 0 aliphatic carbocycles. The molecule has 1 aliphatic heterocycles. The number of hydrogen-bond donors (Lipinski definition) is 1. The molecule has 8 nitrogen and oxygen atoms in total. The van der Waals surface area contributed by atoms with Gasteiger partial charge in [-0.3, -0.25) is 14.9 Å². The minimum Gasteiger partial charge on any atom is -0.481 e. The maximum atomic E-state index is 11.3. The molecule has 0 amide bonds. The minimum atomic E-state index is -0.821. The normalized spacial score (nSPS) is 22.0. The van der Waals surface area contributed by atoms with Crippen LogP contribution in [0.25, 0.3) is 10.2 Å². The number of carboxylic acids is 1. The molecule has 3 heterocycles. The number of rotatable bonds is 3. The van der Waals surface area contributed by atoms with Gasteiger partial charge in [0.2, 0.25) is 0 Å². The van der Waals surface area contributed by atoms with E-state index in [0.29, 0.717) is 35.5 Å². The topological polar surface area (TPSA) is 109 Å². The lowest BCUT2D eigenvalue weighted by Crippen LogP contribution is -2.43. The Morgan fingerprint density at radius 3 is 2.95 bits per heavy atom. The Hall–Kier alpha value is -2.29. The second kappa shape index (κ2) is 5.48. The van der Waals surface area contributed by atoms with Gasteiger partial charge in [0, 0.05) is 19.2 Å². The summed E-state index contributed by atoms with van der Waals surface area (Å²) in [5.41, 5.74) is 0. The first-order chi connectivity index (χ1) is 10.5. The van der Waals surface area contributed by atoms with Crippen molar-refractivity contribution < 1.29 is 14.8 Å². The van der Waals surface area contributed by atoms with E-state index in [1.165, 1.54) is 12.4 Å². The highest BCUT2D eigenvalue weighted by atomic mass is 32.1. The number of fused-ring (bicyclic) bond motifs is 1. The van der Waals surface area contributed by atoms with Crippen molar-refractivity contribution in [1.29, 1.82) is 0 Å². The Balaban J connectivity index is 2.01. The zero-order valence-electron chi connectivity index (χ0n) is 11.8. The van der Waals surface area contributed by atoms with E-state index in [9.17, 15) is 20.0 Å². The van der Waals surface area contributed by atoms with Crippen molar-refractivity contribution in [2.24, 2.45) is 11.8 Å². The van der Waals surface area contributed by atoms with Crippen molar-refractivity contribution in [2.45, 2.75) is 13.3 Å². The summed E-state index contributed by atoms with van der Waals surface area (Å²) in [5.74, 6) is -0.485. The van der Waals surface area contributed by atoms with E-state index in [-0.39, 0.29) is 10.9 Å². The van der Waals surface area contributed by atoms with Gasteiger partial charge < -0.3 is 10.0 Å². The highest BCUT2D eigenvalue weighted by Crippen LogP contribution is 2.36. The van der Waals surface area contributed by atoms with Gasteiger partial charge in [-0.25, -0.2) is 9.97 Å². The number of thiophene rings is 1. The van der Waals surface area contributed by atoms with Gasteiger partial charge in [-0.1, -0.05) is 6.92 Å². The van der Waals surface area contributed by atoms with Gasteiger partial charge in [0.15, 0.2) is 0 Å². The molecule has 3 rings (SSSR count). The number of hydrogen-bond acceptors (Lipinski definition) is 7. The maximum absolute atomic E-state index is 11.3. The molecule has 22 heavy (non-hydrogen) atoms. The lowest BCUT2D eigenvalue weighted by atomic mass is 9.90. The minimum absolute atomic E-state index is 0.0107. The van der Waals surface area contributed by atoms with Crippen molar-refractivity contribution in [3.8, 4) is 0 Å². The lowest BCUT2D eigenvalue weighted by molar-refractivity contribution is -0.380. The van der Waals surface area contributed by atoms with Crippen molar-refractivity contribution in [3.63, 3.8) is 0 Å². The Kier molecular flexibility index (Phi) is 3.65. The highest BCUT2D eigenvalue weighted by molar-refractivity contribution is 7.21. The van der Waals surface area contributed by atoms with Crippen LogP contribution in [0.5, 0.6) is 0 Å². The fourth-order valence-electron chi connectivity index (χ4n) is 2.88. The van der Waals surface area contributed by atoms with Crippen LogP contribution in [-0.2, 0) is 4.79 Å². The van der Waals surface area contributed by atoms with E-state index in [2.05, 4.69) is 9.97 Å². The Labute approximate surface area is 129 Å². The second-order valence-corrected chi connectivity index (χ2v) is 6.55. The van der Waals surface area contributed by atoms with Crippen molar-refractivity contribution in [1.82, 2.24) is 9.97 Å². The van der Waals surface area contributed by atoms with E-state index in [1.54, 1.807) is 0 Å². The highest BCUT2D eigenvalue weighted by Gasteiger charge is 2.31. The summed E-state index contributed by atoms with van der Waals surface area (Å²) in [6.45, 7) is 3.03. The summed E-state index contributed by atoms with van der Waals surface area (Å²) in [4.78, 5) is 32.5. The fraction of sp³-hybridized carbons (Fsp3) is 0.462. The molecule has 1 saturated heterocycles. The van der Waals surface area contributed by atoms with Crippen LogP contribution in [0.4, 0.5) is 10.8 Å². The zero-order chi connectivity index (χ0) is 15.9. The molecule has 116 valence electrons. The maximum Gasteiger partial charge on any atom is 0.326 e. The van der Waals surface area contributed by atoms with Gasteiger partial charge in [0.05, 0.1) is 16.2 Å². The monoisotopic (exact) mass is 322 g/mol. The van der Waals surface area contributed by atoms with E-state index >= 15 is 0 Å². The molecule has 1 fully saturated rings. The number of nitro groups is 1. The molecule has 2 aromatic rings. The molecule has 0 spiro atoms. The summed E-state index contributed by atoms with van der Waals surface area (Å²) < 4.78 is 0. The van der Waals surface area contributed by atoms with Crippen molar-refractivity contribution >= 4 is 38.3 Å². The third-order valence-corrected chi connectivity index (χ3v) is 4.78. The van der Waals surface area contributed by atoms with Gasteiger partial charge >= 0.3 is 11.0 Å². The molecule has 1 N–H and O–H groups in total. The van der Waals surface area contributed by atoms with Gasteiger partial charge in [0.1, 0.15) is 17.0 Å². The standard InChI is InChI=1S/C13H14N4O4S/c1-7-2-8(13(18)19)5-16(4-7)11-9-3-10(17(20)21)22-12(9)15-6-14-11/h3,6-8H,2,4-5H2,1H3,(H,18,19). The molecule has 2 unspecified atom stereocenters. The van der Waals surface area contributed by atoms with Crippen LogP contribution in [0.2, 0.25) is 0 Å². The van der Waals surface area contributed by atoms with E-state index < -0.39 is 16.8 Å². The molecule has 2 aromatic heterocycles. The molecule has 2 atom stereocenters. The average molecular weight is 322 g/mol. The molecule has 0 saturated carbocycles. The smallest absolute Gasteiger partial charge is 0.326 e. The summed E-state index contributed by atoms with van der Waals surface area (Å²) in [6, 6.07) is 1.46. The first-order valence-corrected chi connectivity index (χ1v) is 7.64. The van der Waals surface area contributed by atoms with Crippen LogP contribution in [0, 0.1) is 22.0 Å². The first-order valence-electron chi connectivity index (χ1n) is 6.82. The SMILES string of the molecule is CC1CC(C(=O)O)CN(c2ncnc3sc([N+](=O)[O-])cc23)C1. The quantitative estimate of drug-likeness (QED) is 0.681. The Morgan fingerprint density at radius 1 is 1.50 bits per heavy atom. The van der Waals surface area contributed by atoms with E-state index in [0.717, 1.165) is 11.3 Å². The van der Waals surface area contributed by atoms with Gasteiger partial charge in [-0.15, -0.1) is 0 Å². The number of nitrogens with zero attached hydrogens (tertiary/aromatic N) is 4. The predicted molar refractivity (Wildman–Crippen MR) is 81.2 cm³/mol. The van der Waals surface area contributed by atoms with E-state index in [4.69, 9.17) is 0 Å². The van der Waals surface area contributed by atoms with Crippen LogP contribution in [0.3, 0.4) is 0 Å². The number of piperidine rings is 1. The van der Waals surface area contributed by atoms with Gasteiger partial charge in [0.25, 0.3) is 0 Å². The summed E-state index contributed by atoms with van der Waals surface area (Å²) in [6.07, 6.45) is 2.00. The summed E-state index contributed by atoms with van der Waals surface area (Å²) in [5, 5.41) is 20.8. The number of carboxylic acid groups (broad SMARTS) is 1. The number of anilines is 1. The zero-order valence-corrected chi connectivity index (χ0v) is 12.6. The van der Waals surface area contributed by atoms with Crippen LogP contribution in [0.15, 0.2) is 12.4 Å². The molecule has 0 radical (unpaired) electrons. The van der Waals surface area contributed by atoms with Crippen LogP contribution < -0.4 is 4.90 Å².